The predicted molar refractivity (Wildman–Crippen MR) is 116 cm³/mol. The maximum absolute atomic E-state index is 11.0. The fraction of sp³-hybridized carbons (Fsp3) is 0.208. The van der Waals surface area contributed by atoms with E-state index in [0.29, 0.717) is 34.6 Å². The van der Waals surface area contributed by atoms with Gasteiger partial charge in [-0.25, -0.2) is 0 Å². The number of ether oxygens (including phenoxy) is 1. The minimum Gasteiger partial charge on any atom is -0.489 e. The van der Waals surface area contributed by atoms with Gasteiger partial charge >= 0.3 is 0 Å². The molecule has 3 rings (SSSR count). The van der Waals surface area contributed by atoms with Crippen LogP contribution in [-0.4, -0.2) is 6.29 Å². The summed E-state index contributed by atoms with van der Waals surface area (Å²) in [7, 11) is 0. The number of hydrogen-bond donors (Lipinski definition) is 0. The predicted octanol–water partition coefficient (Wildman–Crippen LogP) is 7.10. The van der Waals surface area contributed by atoms with E-state index >= 15 is 0 Å². The van der Waals surface area contributed by atoms with Gasteiger partial charge in [0.2, 0.25) is 0 Å². The monoisotopic (exact) mass is 412 g/mol. The molecule has 0 heterocycles. The van der Waals surface area contributed by atoms with Gasteiger partial charge in [0.05, 0.1) is 0 Å². The van der Waals surface area contributed by atoms with Gasteiger partial charge in [0.15, 0.2) is 0 Å². The van der Waals surface area contributed by atoms with Crippen LogP contribution in [0.1, 0.15) is 52.4 Å². The molecule has 4 heteroatoms. The third-order valence-corrected chi connectivity index (χ3v) is 5.29. The molecule has 3 aromatic carbocycles. The van der Waals surface area contributed by atoms with Crippen LogP contribution >= 0.6 is 23.2 Å². The number of rotatable bonds is 7. The molecule has 0 bridgehead atoms. The SMILES string of the molecule is CC(C)c1cc(Cc2c(Cl)cc(C=O)cc2Cl)ccc1OCc1ccccc1. The first-order valence-corrected chi connectivity index (χ1v) is 9.96. The first-order chi connectivity index (χ1) is 13.5. The Bertz CT molecular complexity index is 943. The van der Waals surface area contributed by atoms with Crippen molar-refractivity contribution in [2.45, 2.75) is 32.8 Å². The highest BCUT2D eigenvalue weighted by atomic mass is 35.5. The van der Waals surface area contributed by atoms with Gasteiger partial charge in [0.25, 0.3) is 0 Å². The largest absolute Gasteiger partial charge is 0.489 e. The van der Waals surface area contributed by atoms with Gasteiger partial charge in [0, 0.05) is 22.0 Å². The van der Waals surface area contributed by atoms with E-state index in [9.17, 15) is 4.79 Å². The summed E-state index contributed by atoms with van der Waals surface area (Å²) in [4.78, 5) is 11.0. The molecule has 0 saturated carbocycles. The van der Waals surface area contributed by atoms with Crippen molar-refractivity contribution in [2.75, 3.05) is 0 Å². The van der Waals surface area contributed by atoms with Crippen LogP contribution in [0.2, 0.25) is 10.0 Å². The highest BCUT2D eigenvalue weighted by Gasteiger charge is 2.13. The average molecular weight is 413 g/mol. The molecule has 2 nitrogen and oxygen atoms in total. The average Bonchev–Trinajstić information content (AvgIpc) is 2.70. The van der Waals surface area contributed by atoms with Crippen LogP contribution in [0.15, 0.2) is 60.7 Å². The number of hydrogen-bond acceptors (Lipinski definition) is 2. The molecule has 0 radical (unpaired) electrons. The van der Waals surface area contributed by atoms with Crippen molar-refractivity contribution < 1.29 is 9.53 Å². The molecule has 0 N–H and O–H groups in total. The Kier molecular flexibility index (Phi) is 6.77. The van der Waals surface area contributed by atoms with Gasteiger partial charge in [-0.1, -0.05) is 79.5 Å². The number of halogens is 2. The lowest BCUT2D eigenvalue weighted by Gasteiger charge is -2.16. The summed E-state index contributed by atoms with van der Waals surface area (Å²) in [5.41, 5.74) is 4.67. The third-order valence-electron chi connectivity index (χ3n) is 4.61. The summed E-state index contributed by atoms with van der Waals surface area (Å²) < 4.78 is 6.08. The molecule has 0 unspecified atom stereocenters. The van der Waals surface area contributed by atoms with Crippen LogP contribution in [0.4, 0.5) is 0 Å². The van der Waals surface area contributed by atoms with Crippen LogP contribution in [-0.2, 0) is 13.0 Å². The quantitative estimate of drug-likeness (QED) is 0.386. The summed E-state index contributed by atoms with van der Waals surface area (Å²) in [5.74, 6) is 1.20. The number of aldehydes is 1. The van der Waals surface area contributed by atoms with Crippen LogP contribution in [0.5, 0.6) is 5.75 Å². The van der Waals surface area contributed by atoms with Gasteiger partial charge in [-0.2, -0.15) is 0 Å². The van der Waals surface area contributed by atoms with E-state index in [0.717, 1.165) is 34.3 Å². The minimum absolute atomic E-state index is 0.314. The van der Waals surface area contributed by atoms with Crippen LogP contribution in [0.25, 0.3) is 0 Å². The highest BCUT2D eigenvalue weighted by Crippen LogP contribution is 2.32. The van der Waals surface area contributed by atoms with Crippen molar-refractivity contribution in [2.24, 2.45) is 0 Å². The number of benzene rings is 3. The maximum Gasteiger partial charge on any atom is 0.150 e. The Morgan fingerprint density at radius 1 is 0.929 bits per heavy atom. The molecule has 0 spiro atoms. The molecule has 0 aromatic heterocycles. The van der Waals surface area contributed by atoms with Crippen molar-refractivity contribution in [3.63, 3.8) is 0 Å². The van der Waals surface area contributed by atoms with E-state index in [2.05, 4.69) is 32.0 Å². The molecule has 0 aliphatic carbocycles. The lowest BCUT2D eigenvalue weighted by Crippen LogP contribution is -2.01. The van der Waals surface area contributed by atoms with E-state index in [1.807, 2.05) is 30.3 Å². The van der Waals surface area contributed by atoms with Gasteiger partial charge in [-0.15, -0.1) is 0 Å². The zero-order valence-electron chi connectivity index (χ0n) is 15.9. The first-order valence-electron chi connectivity index (χ1n) is 9.20. The lowest BCUT2D eigenvalue weighted by molar-refractivity contribution is 0.112. The van der Waals surface area contributed by atoms with Crippen molar-refractivity contribution in [1.29, 1.82) is 0 Å². The zero-order chi connectivity index (χ0) is 20.1. The molecule has 0 aliphatic heterocycles. The number of carbonyl (C=O) groups excluding carboxylic acids is 1. The molecular weight excluding hydrogens is 391 g/mol. The lowest BCUT2D eigenvalue weighted by atomic mass is 9.96. The van der Waals surface area contributed by atoms with Gasteiger partial charge in [-0.3, -0.25) is 4.79 Å². The summed E-state index contributed by atoms with van der Waals surface area (Å²) in [6, 6.07) is 19.6. The second kappa shape index (κ2) is 9.27. The molecule has 0 atom stereocenters. The Labute approximate surface area is 176 Å². The molecule has 0 aliphatic rings. The standard InChI is InChI=1S/C24H22Cl2O2/c1-16(2)20-10-18(11-21-22(25)12-19(14-27)13-23(21)26)8-9-24(20)28-15-17-6-4-3-5-7-17/h3-10,12-14,16H,11,15H2,1-2H3. The smallest absolute Gasteiger partial charge is 0.150 e. The minimum atomic E-state index is 0.314. The second-order valence-electron chi connectivity index (χ2n) is 7.06. The second-order valence-corrected chi connectivity index (χ2v) is 7.87. The summed E-state index contributed by atoms with van der Waals surface area (Å²) >= 11 is 12.7. The first kappa shape index (κ1) is 20.4. The van der Waals surface area contributed by atoms with Gasteiger partial charge < -0.3 is 4.74 Å². The van der Waals surface area contributed by atoms with Crippen molar-refractivity contribution in [1.82, 2.24) is 0 Å². The van der Waals surface area contributed by atoms with Gasteiger partial charge in [0.1, 0.15) is 18.6 Å². The molecule has 144 valence electrons. The normalized spacial score (nSPS) is 10.9. The number of carbonyl (C=O) groups is 1. The van der Waals surface area contributed by atoms with Crippen molar-refractivity contribution >= 4 is 29.5 Å². The van der Waals surface area contributed by atoms with Crippen molar-refractivity contribution in [3.8, 4) is 5.75 Å². The summed E-state index contributed by atoms with van der Waals surface area (Å²) in [6.07, 6.45) is 1.34. The fourth-order valence-electron chi connectivity index (χ4n) is 3.09. The Morgan fingerprint density at radius 3 is 2.21 bits per heavy atom. The topological polar surface area (TPSA) is 26.3 Å². The molecule has 28 heavy (non-hydrogen) atoms. The fourth-order valence-corrected chi connectivity index (χ4v) is 3.73. The van der Waals surface area contributed by atoms with E-state index in [-0.39, 0.29) is 0 Å². The van der Waals surface area contributed by atoms with Crippen LogP contribution in [0.3, 0.4) is 0 Å². The van der Waals surface area contributed by atoms with E-state index in [4.69, 9.17) is 27.9 Å². The van der Waals surface area contributed by atoms with Crippen molar-refractivity contribution in [3.05, 3.63) is 98.5 Å². The molecule has 0 fully saturated rings. The van der Waals surface area contributed by atoms with Crippen LogP contribution in [0, 0.1) is 0 Å². The maximum atomic E-state index is 11.0. The molecular formula is C24H22Cl2O2. The Morgan fingerprint density at radius 2 is 1.61 bits per heavy atom. The summed E-state index contributed by atoms with van der Waals surface area (Å²) in [6.45, 7) is 4.82. The molecule has 0 amide bonds. The van der Waals surface area contributed by atoms with E-state index in [1.54, 1.807) is 12.1 Å². The third kappa shape index (κ3) is 4.95. The zero-order valence-corrected chi connectivity index (χ0v) is 17.4. The Hall–Kier alpha value is -2.29. The Balaban J connectivity index is 1.84. The van der Waals surface area contributed by atoms with E-state index < -0.39 is 0 Å². The molecule has 0 saturated heterocycles. The van der Waals surface area contributed by atoms with Gasteiger partial charge in [-0.05, 0) is 46.4 Å². The molecule has 3 aromatic rings. The van der Waals surface area contributed by atoms with Crippen LogP contribution < -0.4 is 4.74 Å². The van der Waals surface area contributed by atoms with E-state index in [1.165, 1.54) is 0 Å². The highest BCUT2D eigenvalue weighted by molar-refractivity contribution is 6.36. The summed E-state index contributed by atoms with van der Waals surface area (Å²) in [5, 5.41) is 1.01.